The molecule has 4 aromatic rings. The van der Waals surface area contributed by atoms with Gasteiger partial charge in [-0.2, -0.15) is 0 Å². The highest BCUT2D eigenvalue weighted by molar-refractivity contribution is 6.74. The predicted molar refractivity (Wildman–Crippen MR) is 160 cm³/mol. The molecule has 0 amide bonds. The second-order valence-electron chi connectivity index (χ2n) is 9.48. The van der Waals surface area contributed by atoms with E-state index in [9.17, 15) is 0 Å². The van der Waals surface area contributed by atoms with Crippen molar-refractivity contribution in [2.75, 3.05) is 0 Å². The van der Waals surface area contributed by atoms with Crippen LogP contribution in [0.25, 0.3) is 0 Å². The Morgan fingerprint density at radius 2 is 0.605 bits per heavy atom. The van der Waals surface area contributed by atoms with Gasteiger partial charge in [0.2, 0.25) is 0 Å². The van der Waals surface area contributed by atoms with Gasteiger partial charge in [0, 0.05) is 24.2 Å². The molecule has 0 N–H and O–H groups in total. The summed E-state index contributed by atoms with van der Waals surface area (Å²) in [6.07, 6.45) is 1.93. The zero-order valence-electron chi connectivity index (χ0n) is 22.4. The van der Waals surface area contributed by atoms with Crippen molar-refractivity contribution in [3.05, 3.63) is 121 Å². The molecule has 0 spiro atoms. The SMILES string of the molecule is CCC[Si](CC[Si](CCC)(Oc1ccccc1)Oc1ccccc1)(Oc1ccccc1)Oc1ccccc1. The Hall–Kier alpha value is -3.49. The number of para-hydroxylation sites is 4. The van der Waals surface area contributed by atoms with Crippen molar-refractivity contribution in [3.63, 3.8) is 0 Å². The Morgan fingerprint density at radius 3 is 0.816 bits per heavy atom. The van der Waals surface area contributed by atoms with Crippen LogP contribution >= 0.6 is 0 Å². The third kappa shape index (κ3) is 8.00. The standard InChI is InChI=1S/C32H38O4Si2/c1-3-25-37(33-29-17-9-5-10-18-29,34-30-19-11-6-12-20-30)27-28-38(26-4-2,35-31-21-13-7-14-22-31)36-32-23-15-8-16-24-32/h5-24H,3-4,25-28H2,1-2H3. The average molecular weight is 543 g/mol. The predicted octanol–water partition coefficient (Wildman–Crippen LogP) is 9.01. The lowest BCUT2D eigenvalue weighted by Crippen LogP contribution is -2.54. The fourth-order valence-corrected chi connectivity index (χ4v) is 12.9. The van der Waals surface area contributed by atoms with Crippen LogP contribution in [0.15, 0.2) is 121 Å². The lowest BCUT2D eigenvalue weighted by molar-refractivity contribution is 0.359. The number of hydrogen-bond acceptors (Lipinski definition) is 4. The highest BCUT2D eigenvalue weighted by Crippen LogP contribution is 2.34. The highest BCUT2D eigenvalue weighted by Gasteiger charge is 2.49. The molecule has 0 aliphatic carbocycles. The van der Waals surface area contributed by atoms with E-state index in [4.69, 9.17) is 17.7 Å². The van der Waals surface area contributed by atoms with Gasteiger partial charge < -0.3 is 17.7 Å². The average Bonchev–Trinajstić information content (AvgIpc) is 2.95. The minimum Gasteiger partial charge on any atom is -0.512 e. The zero-order chi connectivity index (χ0) is 26.5. The molecule has 0 aliphatic rings. The summed E-state index contributed by atoms with van der Waals surface area (Å²) >= 11 is 0. The first kappa shape index (κ1) is 27.5. The molecule has 0 bridgehead atoms. The maximum Gasteiger partial charge on any atom is 0.460 e. The Labute approximate surface area is 229 Å². The van der Waals surface area contributed by atoms with E-state index in [-0.39, 0.29) is 0 Å². The van der Waals surface area contributed by atoms with Crippen molar-refractivity contribution >= 4 is 17.1 Å². The molecule has 198 valence electrons. The summed E-state index contributed by atoms with van der Waals surface area (Å²) in [4.78, 5) is 0. The first-order valence-electron chi connectivity index (χ1n) is 13.6. The second kappa shape index (κ2) is 13.9. The molecular formula is C32H38O4Si2. The molecule has 0 radical (unpaired) electrons. The fourth-order valence-electron chi connectivity index (χ4n) is 4.66. The van der Waals surface area contributed by atoms with Crippen LogP contribution in [0.3, 0.4) is 0 Å². The van der Waals surface area contributed by atoms with E-state index in [0.29, 0.717) is 0 Å². The molecule has 0 unspecified atom stereocenters. The quantitative estimate of drug-likeness (QED) is 0.140. The van der Waals surface area contributed by atoms with E-state index in [0.717, 1.165) is 60.0 Å². The number of benzene rings is 4. The Morgan fingerprint density at radius 1 is 0.368 bits per heavy atom. The summed E-state index contributed by atoms with van der Waals surface area (Å²) in [6.45, 7) is 4.39. The van der Waals surface area contributed by atoms with Crippen molar-refractivity contribution < 1.29 is 17.7 Å². The Bertz CT molecular complexity index is 1010. The minimum absolute atomic E-state index is 0.760. The van der Waals surface area contributed by atoms with E-state index in [1.165, 1.54) is 0 Å². The van der Waals surface area contributed by atoms with Crippen LogP contribution in [0.2, 0.25) is 24.2 Å². The first-order valence-corrected chi connectivity index (χ1v) is 18.1. The molecule has 4 rings (SSSR count). The van der Waals surface area contributed by atoms with Crippen molar-refractivity contribution in [1.82, 2.24) is 0 Å². The van der Waals surface area contributed by atoms with Gasteiger partial charge in [0.25, 0.3) is 0 Å². The molecular weight excluding hydrogens is 505 g/mol. The molecule has 38 heavy (non-hydrogen) atoms. The third-order valence-electron chi connectivity index (χ3n) is 6.34. The molecule has 4 aromatic carbocycles. The van der Waals surface area contributed by atoms with Gasteiger partial charge in [0.15, 0.2) is 0 Å². The van der Waals surface area contributed by atoms with E-state index in [1.807, 2.05) is 121 Å². The fraction of sp³-hybridized carbons (Fsp3) is 0.250. The Balaban J connectivity index is 1.69. The largest absolute Gasteiger partial charge is 0.512 e. The molecule has 0 aliphatic heterocycles. The van der Waals surface area contributed by atoms with Crippen LogP contribution in [0.1, 0.15) is 26.7 Å². The second-order valence-corrected chi connectivity index (χ2v) is 15.9. The molecule has 0 fully saturated rings. The minimum atomic E-state index is -2.78. The van der Waals surface area contributed by atoms with Gasteiger partial charge in [-0.05, 0) is 48.5 Å². The monoisotopic (exact) mass is 542 g/mol. The van der Waals surface area contributed by atoms with Gasteiger partial charge in [-0.3, -0.25) is 0 Å². The lowest BCUT2D eigenvalue weighted by atomic mass is 10.3. The summed E-state index contributed by atoms with van der Waals surface area (Å²) in [5.74, 6) is 3.39. The van der Waals surface area contributed by atoms with Crippen molar-refractivity contribution in [3.8, 4) is 23.0 Å². The van der Waals surface area contributed by atoms with Gasteiger partial charge >= 0.3 is 17.1 Å². The van der Waals surface area contributed by atoms with E-state index < -0.39 is 17.1 Å². The summed E-state index contributed by atoms with van der Waals surface area (Å²) in [7, 11) is -5.55. The lowest BCUT2D eigenvalue weighted by Gasteiger charge is -2.36. The van der Waals surface area contributed by atoms with Gasteiger partial charge in [-0.15, -0.1) is 0 Å². The summed E-state index contributed by atoms with van der Waals surface area (Å²) in [5.41, 5.74) is 0. The van der Waals surface area contributed by atoms with E-state index in [1.54, 1.807) is 0 Å². The summed E-state index contributed by atoms with van der Waals surface area (Å²) < 4.78 is 27.4. The van der Waals surface area contributed by atoms with Crippen LogP contribution in [-0.4, -0.2) is 17.1 Å². The Kier molecular flexibility index (Phi) is 10.1. The number of rotatable bonds is 15. The van der Waals surface area contributed by atoms with E-state index in [2.05, 4.69) is 13.8 Å². The van der Waals surface area contributed by atoms with Gasteiger partial charge in [0.05, 0.1) is 0 Å². The van der Waals surface area contributed by atoms with Gasteiger partial charge in [-0.25, -0.2) is 0 Å². The van der Waals surface area contributed by atoms with Crippen LogP contribution in [-0.2, 0) is 0 Å². The molecule has 0 heterocycles. The van der Waals surface area contributed by atoms with Crippen molar-refractivity contribution in [2.45, 2.75) is 50.9 Å². The van der Waals surface area contributed by atoms with E-state index >= 15 is 0 Å². The molecule has 0 aromatic heterocycles. The molecule has 0 atom stereocenters. The van der Waals surface area contributed by atoms with Crippen LogP contribution in [0.5, 0.6) is 23.0 Å². The molecule has 0 saturated heterocycles. The van der Waals surface area contributed by atoms with Crippen LogP contribution < -0.4 is 17.7 Å². The molecule has 0 saturated carbocycles. The summed E-state index contributed by atoms with van der Waals surface area (Å²) in [6, 6.07) is 43.5. The zero-order valence-corrected chi connectivity index (χ0v) is 24.4. The maximum atomic E-state index is 6.85. The van der Waals surface area contributed by atoms with Crippen LogP contribution in [0.4, 0.5) is 0 Å². The van der Waals surface area contributed by atoms with Crippen LogP contribution in [0, 0.1) is 0 Å². The first-order chi connectivity index (χ1) is 18.6. The topological polar surface area (TPSA) is 36.9 Å². The highest BCUT2D eigenvalue weighted by atomic mass is 28.4. The number of hydrogen-bond donors (Lipinski definition) is 0. The summed E-state index contributed by atoms with van der Waals surface area (Å²) in [5, 5.41) is 0. The van der Waals surface area contributed by atoms with Crippen molar-refractivity contribution in [1.29, 1.82) is 0 Å². The van der Waals surface area contributed by atoms with Crippen molar-refractivity contribution in [2.24, 2.45) is 0 Å². The maximum absolute atomic E-state index is 6.85. The normalized spacial score (nSPS) is 11.5. The van der Waals surface area contributed by atoms with Gasteiger partial charge in [0.1, 0.15) is 23.0 Å². The third-order valence-corrected chi connectivity index (χ3v) is 13.8. The smallest absolute Gasteiger partial charge is 0.460 e. The van der Waals surface area contributed by atoms with Gasteiger partial charge in [-0.1, -0.05) is 99.5 Å². The molecule has 6 heteroatoms. The molecule has 4 nitrogen and oxygen atoms in total.